The van der Waals surface area contributed by atoms with E-state index in [1.165, 1.54) is 4.90 Å². The molecule has 0 aliphatic rings. The van der Waals surface area contributed by atoms with Crippen molar-refractivity contribution in [3.8, 4) is 5.75 Å². The molecule has 1 N–H and O–H groups in total. The van der Waals surface area contributed by atoms with E-state index in [0.29, 0.717) is 34.9 Å². The number of nitrogens with zero attached hydrogens (tertiary/aromatic N) is 1. The summed E-state index contributed by atoms with van der Waals surface area (Å²) in [6, 6.07) is 13.9. The summed E-state index contributed by atoms with van der Waals surface area (Å²) in [5, 5.41) is 11.7. The van der Waals surface area contributed by atoms with Gasteiger partial charge in [-0.05, 0) is 48.4 Å². The first-order valence-corrected chi connectivity index (χ1v) is 8.20. The fraction of sp³-hybridized carbons (Fsp3) is 0.316. The van der Waals surface area contributed by atoms with Gasteiger partial charge in [-0.1, -0.05) is 37.1 Å². The summed E-state index contributed by atoms with van der Waals surface area (Å²) in [6.45, 7) is 1.93. The third-order valence-corrected chi connectivity index (χ3v) is 4.30. The quantitative estimate of drug-likeness (QED) is 0.859. The Morgan fingerprint density at radius 3 is 2.25 bits per heavy atom. The van der Waals surface area contributed by atoms with Gasteiger partial charge < -0.3 is 14.7 Å². The summed E-state index contributed by atoms with van der Waals surface area (Å²) < 4.78 is 5.14. The molecule has 0 aliphatic carbocycles. The van der Waals surface area contributed by atoms with Crippen molar-refractivity contribution in [3.63, 3.8) is 0 Å². The van der Waals surface area contributed by atoms with Crippen molar-refractivity contribution in [1.29, 1.82) is 0 Å². The highest BCUT2D eigenvalue weighted by atomic mass is 35.5. The Bertz CT molecular complexity index is 685. The maximum Gasteiger partial charge on any atom is 0.263 e. The van der Waals surface area contributed by atoms with Crippen molar-refractivity contribution >= 4 is 23.2 Å². The average Bonchev–Trinajstić information content (AvgIpc) is 2.61. The third kappa shape index (κ3) is 3.71. The molecular formula is C19H22ClNO3. The molecule has 0 saturated heterocycles. The van der Waals surface area contributed by atoms with E-state index in [4.69, 9.17) is 16.3 Å². The summed E-state index contributed by atoms with van der Waals surface area (Å²) in [5.41, 5.74) is -0.363. The van der Waals surface area contributed by atoms with E-state index in [2.05, 4.69) is 0 Å². The molecule has 2 rings (SSSR count). The number of benzene rings is 2. The van der Waals surface area contributed by atoms with Gasteiger partial charge in [-0.25, -0.2) is 0 Å². The lowest BCUT2D eigenvalue weighted by atomic mass is 9.87. The van der Waals surface area contributed by atoms with Crippen LogP contribution in [0.15, 0.2) is 48.5 Å². The Morgan fingerprint density at radius 2 is 1.75 bits per heavy atom. The van der Waals surface area contributed by atoms with Crippen LogP contribution in [0.1, 0.15) is 25.3 Å². The van der Waals surface area contributed by atoms with E-state index >= 15 is 0 Å². The number of halogens is 1. The van der Waals surface area contributed by atoms with Gasteiger partial charge in [0.1, 0.15) is 5.75 Å². The van der Waals surface area contributed by atoms with Gasteiger partial charge in [0.2, 0.25) is 0 Å². The molecular weight excluding hydrogens is 326 g/mol. The predicted octanol–water partition coefficient (Wildman–Crippen LogP) is 4.00. The van der Waals surface area contributed by atoms with Crippen LogP contribution >= 0.6 is 11.6 Å². The van der Waals surface area contributed by atoms with Crippen molar-refractivity contribution in [3.05, 3.63) is 59.1 Å². The molecule has 1 amide bonds. The summed E-state index contributed by atoms with van der Waals surface area (Å²) in [6.07, 6.45) is 0.999. The molecule has 2 aromatic carbocycles. The van der Waals surface area contributed by atoms with Crippen molar-refractivity contribution in [2.75, 3.05) is 19.1 Å². The first kappa shape index (κ1) is 18.3. The van der Waals surface area contributed by atoms with Crippen LogP contribution in [0, 0.1) is 0 Å². The number of aliphatic hydroxyl groups is 1. The Balaban J connectivity index is 2.36. The molecule has 128 valence electrons. The molecule has 0 radical (unpaired) electrons. The minimum absolute atomic E-state index is 0.329. The number of rotatable bonds is 6. The number of hydrogen-bond donors (Lipinski definition) is 1. The van der Waals surface area contributed by atoms with Crippen molar-refractivity contribution in [2.24, 2.45) is 0 Å². The van der Waals surface area contributed by atoms with Crippen LogP contribution in [0.5, 0.6) is 5.75 Å². The molecule has 1 atom stereocenters. The zero-order valence-corrected chi connectivity index (χ0v) is 14.9. The molecule has 5 heteroatoms. The first-order valence-electron chi connectivity index (χ1n) is 7.83. The third-order valence-electron chi connectivity index (χ3n) is 4.05. The van der Waals surface area contributed by atoms with Gasteiger partial charge in [0, 0.05) is 17.8 Å². The fourth-order valence-corrected chi connectivity index (χ4v) is 2.79. The largest absolute Gasteiger partial charge is 0.497 e. The number of methoxy groups -OCH3 is 1. The number of hydrogen-bond acceptors (Lipinski definition) is 3. The highest BCUT2D eigenvalue weighted by Gasteiger charge is 2.39. The standard InChI is InChI=1S/C19H22ClNO3/c1-4-13-19(23,14-5-11-17(24-3)12-6-14)18(22)21(2)16-9-7-15(20)8-10-16/h5-12,23H,4,13H2,1-3H3. The zero-order chi connectivity index (χ0) is 17.7. The number of anilines is 1. The lowest BCUT2D eigenvalue weighted by molar-refractivity contribution is -0.138. The Hall–Kier alpha value is -2.04. The second-order valence-corrected chi connectivity index (χ2v) is 6.12. The smallest absolute Gasteiger partial charge is 0.263 e. The summed E-state index contributed by atoms with van der Waals surface area (Å²) >= 11 is 5.90. The van der Waals surface area contributed by atoms with E-state index < -0.39 is 5.60 Å². The number of carbonyl (C=O) groups is 1. The number of amides is 1. The topological polar surface area (TPSA) is 49.8 Å². The van der Waals surface area contributed by atoms with E-state index in [-0.39, 0.29) is 5.91 Å². The monoisotopic (exact) mass is 347 g/mol. The Morgan fingerprint density at radius 1 is 1.17 bits per heavy atom. The summed E-state index contributed by atoms with van der Waals surface area (Å²) in [5.74, 6) is 0.299. The molecule has 0 spiro atoms. The van der Waals surface area contributed by atoms with Crippen molar-refractivity contribution < 1.29 is 14.6 Å². The summed E-state index contributed by atoms with van der Waals surface area (Å²) in [7, 11) is 3.22. The lowest BCUT2D eigenvalue weighted by Gasteiger charge is -2.32. The Labute approximate surface area is 147 Å². The molecule has 0 heterocycles. The van der Waals surface area contributed by atoms with Crippen LogP contribution in [0.2, 0.25) is 5.02 Å². The molecule has 0 aromatic heterocycles. The van der Waals surface area contributed by atoms with Crippen LogP contribution in [0.25, 0.3) is 0 Å². The van der Waals surface area contributed by atoms with Gasteiger partial charge in [0.25, 0.3) is 5.91 Å². The molecule has 4 nitrogen and oxygen atoms in total. The van der Waals surface area contributed by atoms with Crippen LogP contribution in [-0.4, -0.2) is 25.2 Å². The maximum atomic E-state index is 13.0. The highest BCUT2D eigenvalue weighted by Crippen LogP contribution is 2.32. The van der Waals surface area contributed by atoms with E-state index in [0.717, 1.165) is 0 Å². The highest BCUT2D eigenvalue weighted by molar-refractivity contribution is 6.30. The van der Waals surface area contributed by atoms with Gasteiger partial charge in [-0.3, -0.25) is 4.79 Å². The fourth-order valence-electron chi connectivity index (χ4n) is 2.66. The van der Waals surface area contributed by atoms with Gasteiger partial charge in [0.15, 0.2) is 5.60 Å². The van der Waals surface area contributed by atoms with Gasteiger partial charge in [-0.2, -0.15) is 0 Å². The molecule has 0 fully saturated rings. The van der Waals surface area contributed by atoms with E-state index in [1.807, 2.05) is 6.92 Å². The zero-order valence-electron chi connectivity index (χ0n) is 14.1. The number of likely N-dealkylation sites (N-methyl/N-ethyl adjacent to an activating group) is 1. The van der Waals surface area contributed by atoms with Gasteiger partial charge in [-0.15, -0.1) is 0 Å². The lowest BCUT2D eigenvalue weighted by Crippen LogP contribution is -2.45. The second-order valence-electron chi connectivity index (χ2n) is 5.68. The first-order chi connectivity index (χ1) is 11.4. The van der Waals surface area contributed by atoms with Crippen molar-refractivity contribution in [1.82, 2.24) is 0 Å². The minimum Gasteiger partial charge on any atom is -0.497 e. The second kappa shape index (κ2) is 7.69. The number of carbonyl (C=O) groups excluding carboxylic acids is 1. The van der Waals surface area contributed by atoms with Crippen molar-refractivity contribution in [2.45, 2.75) is 25.4 Å². The molecule has 24 heavy (non-hydrogen) atoms. The van der Waals surface area contributed by atoms with Crippen LogP contribution < -0.4 is 9.64 Å². The molecule has 2 aromatic rings. The maximum absolute atomic E-state index is 13.0. The van der Waals surface area contributed by atoms with Crippen LogP contribution in [-0.2, 0) is 10.4 Å². The predicted molar refractivity (Wildman–Crippen MR) is 96.7 cm³/mol. The number of ether oxygens (including phenoxy) is 1. The molecule has 0 saturated carbocycles. The van der Waals surface area contributed by atoms with E-state index in [1.54, 1.807) is 62.7 Å². The van der Waals surface area contributed by atoms with Crippen LogP contribution in [0.4, 0.5) is 5.69 Å². The molecule has 1 unspecified atom stereocenters. The van der Waals surface area contributed by atoms with Gasteiger partial charge >= 0.3 is 0 Å². The van der Waals surface area contributed by atoms with Gasteiger partial charge in [0.05, 0.1) is 7.11 Å². The molecule has 0 aliphatic heterocycles. The Kier molecular flexibility index (Phi) is 5.86. The SMILES string of the molecule is CCCC(O)(C(=O)N(C)c1ccc(Cl)cc1)c1ccc(OC)cc1. The van der Waals surface area contributed by atoms with E-state index in [9.17, 15) is 9.90 Å². The van der Waals surface area contributed by atoms with Crippen LogP contribution in [0.3, 0.4) is 0 Å². The normalized spacial score (nSPS) is 13.2. The molecule has 0 bridgehead atoms. The average molecular weight is 348 g/mol. The summed E-state index contributed by atoms with van der Waals surface area (Å²) in [4.78, 5) is 14.5. The minimum atomic E-state index is -1.59.